The van der Waals surface area contributed by atoms with E-state index >= 15 is 0 Å². The van der Waals surface area contributed by atoms with Gasteiger partial charge in [0, 0.05) is 11.2 Å². The summed E-state index contributed by atoms with van der Waals surface area (Å²) in [6.45, 7) is 8.00. The predicted molar refractivity (Wildman–Crippen MR) is 89.6 cm³/mol. The van der Waals surface area contributed by atoms with Crippen molar-refractivity contribution in [3.8, 4) is 0 Å². The summed E-state index contributed by atoms with van der Waals surface area (Å²) in [6, 6.07) is 7.63. The van der Waals surface area contributed by atoms with E-state index in [9.17, 15) is 9.59 Å². The van der Waals surface area contributed by atoms with Crippen molar-refractivity contribution in [2.24, 2.45) is 0 Å². The van der Waals surface area contributed by atoms with Gasteiger partial charge in [-0.05, 0) is 39.3 Å². The van der Waals surface area contributed by atoms with Crippen molar-refractivity contribution in [1.82, 2.24) is 5.32 Å². The van der Waals surface area contributed by atoms with Crippen LogP contribution in [0.2, 0.25) is 0 Å². The second-order valence-electron chi connectivity index (χ2n) is 5.69. The van der Waals surface area contributed by atoms with Crippen molar-refractivity contribution in [3.63, 3.8) is 0 Å². The molecule has 0 atom stereocenters. The summed E-state index contributed by atoms with van der Waals surface area (Å²) in [6.07, 6.45) is 0.872. The molecule has 0 radical (unpaired) electrons. The lowest BCUT2D eigenvalue weighted by Crippen LogP contribution is -2.43. The van der Waals surface area contributed by atoms with Gasteiger partial charge in [0.05, 0.1) is 11.5 Å². The molecule has 0 spiro atoms. The number of carbonyl (C=O) groups is 2. The lowest BCUT2D eigenvalue weighted by Gasteiger charge is -2.24. The van der Waals surface area contributed by atoms with Crippen molar-refractivity contribution in [2.45, 2.75) is 39.7 Å². The van der Waals surface area contributed by atoms with Crippen LogP contribution in [0.4, 0.5) is 5.69 Å². The third-order valence-electron chi connectivity index (χ3n) is 3.16. The Morgan fingerprint density at radius 2 is 1.67 bits per heavy atom. The predicted octanol–water partition coefficient (Wildman–Crippen LogP) is 2.97. The highest BCUT2D eigenvalue weighted by molar-refractivity contribution is 8.00. The smallest absolute Gasteiger partial charge is 0.234 e. The first-order valence-electron chi connectivity index (χ1n) is 7.07. The maximum Gasteiger partial charge on any atom is 0.234 e. The van der Waals surface area contributed by atoms with E-state index in [1.807, 2.05) is 52.0 Å². The van der Waals surface area contributed by atoms with Gasteiger partial charge in [0.2, 0.25) is 11.8 Å². The second kappa shape index (κ2) is 8.08. The van der Waals surface area contributed by atoms with Gasteiger partial charge in [-0.2, -0.15) is 0 Å². The molecule has 0 saturated carbocycles. The van der Waals surface area contributed by atoms with Crippen LogP contribution in [-0.4, -0.2) is 28.9 Å². The first-order valence-corrected chi connectivity index (χ1v) is 8.23. The molecule has 0 aliphatic heterocycles. The molecular formula is C16H24N2O2S. The number of thioether (sulfide) groups is 1. The molecule has 0 fully saturated rings. The molecule has 0 heterocycles. The average Bonchev–Trinajstić information content (AvgIpc) is 2.41. The fraction of sp³-hybridized carbons (Fsp3) is 0.500. The van der Waals surface area contributed by atoms with Crippen LogP contribution in [0.5, 0.6) is 0 Å². The Morgan fingerprint density at radius 3 is 2.24 bits per heavy atom. The lowest BCUT2D eigenvalue weighted by molar-refractivity contribution is -0.120. The molecule has 2 N–H and O–H groups in total. The lowest BCUT2D eigenvalue weighted by atomic mass is 10.0. The molecule has 0 bridgehead atoms. The highest BCUT2D eigenvalue weighted by atomic mass is 32.2. The highest BCUT2D eigenvalue weighted by Crippen LogP contribution is 2.11. The number of rotatable bonds is 7. The van der Waals surface area contributed by atoms with Crippen LogP contribution in [0.15, 0.2) is 24.3 Å². The number of carbonyl (C=O) groups excluding carboxylic acids is 2. The van der Waals surface area contributed by atoms with E-state index in [1.165, 1.54) is 11.8 Å². The molecule has 21 heavy (non-hydrogen) atoms. The number of nitrogens with one attached hydrogen (secondary N) is 2. The third kappa shape index (κ3) is 7.18. The van der Waals surface area contributed by atoms with Gasteiger partial charge < -0.3 is 10.6 Å². The number of anilines is 1. The molecule has 1 rings (SSSR count). The van der Waals surface area contributed by atoms with E-state index in [-0.39, 0.29) is 23.1 Å². The molecule has 0 unspecified atom stereocenters. The molecule has 1 aromatic rings. The molecule has 2 amide bonds. The van der Waals surface area contributed by atoms with Crippen molar-refractivity contribution >= 4 is 29.3 Å². The van der Waals surface area contributed by atoms with Gasteiger partial charge >= 0.3 is 0 Å². The molecule has 0 aromatic heterocycles. The highest BCUT2D eigenvalue weighted by Gasteiger charge is 2.17. The number of hydrogen-bond donors (Lipinski definition) is 2. The first-order chi connectivity index (χ1) is 9.82. The number of aryl methyl sites for hydroxylation is 1. The minimum absolute atomic E-state index is 0.0324. The van der Waals surface area contributed by atoms with Gasteiger partial charge in [-0.15, -0.1) is 11.8 Å². The van der Waals surface area contributed by atoms with Crippen LogP contribution in [-0.2, 0) is 9.59 Å². The summed E-state index contributed by atoms with van der Waals surface area (Å²) < 4.78 is 0. The molecule has 0 saturated heterocycles. The summed E-state index contributed by atoms with van der Waals surface area (Å²) in [5.74, 6) is 0.444. The summed E-state index contributed by atoms with van der Waals surface area (Å²) in [4.78, 5) is 23.5. The van der Waals surface area contributed by atoms with Gasteiger partial charge in [-0.3, -0.25) is 9.59 Å². The Labute approximate surface area is 131 Å². The zero-order valence-electron chi connectivity index (χ0n) is 13.2. The topological polar surface area (TPSA) is 58.2 Å². The Hall–Kier alpha value is -1.49. The SMILES string of the molecule is CCC(C)(C)NC(=O)CSCC(=O)Nc1ccc(C)cc1. The van der Waals surface area contributed by atoms with Crippen LogP contribution in [0.3, 0.4) is 0 Å². The van der Waals surface area contributed by atoms with Gasteiger partial charge in [0.1, 0.15) is 0 Å². The van der Waals surface area contributed by atoms with Crippen molar-refractivity contribution in [3.05, 3.63) is 29.8 Å². The maximum atomic E-state index is 11.8. The fourth-order valence-corrected chi connectivity index (χ4v) is 2.19. The summed E-state index contributed by atoms with van der Waals surface area (Å²) in [5, 5.41) is 5.75. The monoisotopic (exact) mass is 308 g/mol. The fourth-order valence-electron chi connectivity index (χ4n) is 1.57. The summed E-state index contributed by atoms with van der Waals surface area (Å²) in [5.41, 5.74) is 1.74. The third-order valence-corrected chi connectivity index (χ3v) is 4.10. The Morgan fingerprint density at radius 1 is 1.10 bits per heavy atom. The molecule has 5 heteroatoms. The number of benzene rings is 1. The van der Waals surface area contributed by atoms with E-state index in [0.717, 1.165) is 17.7 Å². The zero-order chi connectivity index (χ0) is 15.9. The van der Waals surface area contributed by atoms with Gasteiger partial charge in [0.25, 0.3) is 0 Å². The quantitative estimate of drug-likeness (QED) is 0.814. The Kier molecular flexibility index (Phi) is 6.75. The van der Waals surface area contributed by atoms with E-state index in [0.29, 0.717) is 5.75 Å². The van der Waals surface area contributed by atoms with Crippen molar-refractivity contribution in [2.75, 3.05) is 16.8 Å². The zero-order valence-corrected chi connectivity index (χ0v) is 14.0. The molecule has 0 aliphatic carbocycles. The van der Waals surface area contributed by atoms with E-state index in [2.05, 4.69) is 10.6 Å². The molecular weight excluding hydrogens is 284 g/mol. The second-order valence-corrected chi connectivity index (χ2v) is 6.68. The number of amides is 2. The normalized spacial score (nSPS) is 11.0. The average molecular weight is 308 g/mol. The first kappa shape index (κ1) is 17.6. The largest absolute Gasteiger partial charge is 0.351 e. The Bertz CT molecular complexity index is 484. The summed E-state index contributed by atoms with van der Waals surface area (Å²) >= 11 is 1.32. The molecule has 1 aromatic carbocycles. The van der Waals surface area contributed by atoms with Crippen molar-refractivity contribution < 1.29 is 9.59 Å². The van der Waals surface area contributed by atoms with E-state index in [1.54, 1.807) is 0 Å². The standard InChI is InChI=1S/C16H24N2O2S/c1-5-16(3,4)18-15(20)11-21-10-14(19)17-13-8-6-12(2)7-9-13/h6-9H,5,10-11H2,1-4H3,(H,17,19)(H,18,20). The maximum absolute atomic E-state index is 11.8. The Balaban J connectivity index is 2.27. The molecule has 0 aliphatic rings. The molecule has 116 valence electrons. The minimum atomic E-state index is -0.193. The van der Waals surface area contributed by atoms with Crippen LogP contribution >= 0.6 is 11.8 Å². The molecule has 4 nitrogen and oxygen atoms in total. The van der Waals surface area contributed by atoms with Crippen LogP contribution in [0.25, 0.3) is 0 Å². The van der Waals surface area contributed by atoms with E-state index < -0.39 is 0 Å². The van der Waals surface area contributed by atoms with E-state index in [4.69, 9.17) is 0 Å². The summed E-state index contributed by atoms with van der Waals surface area (Å²) in [7, 11) is 0. The van der Waals surface area contributed by atoms with Gasteiger partial charge in [-0.1, -0.05) is 24.6 Å². The van der Waals surface area contributed by atoms with Crippen LogP contribution in [0, 0.1) is 6.92 Å². The minimum Gasteiger partial charge on any atom is -0.351 e. The van der Waals surface area contributed by atoms with Crippen molar-refractivity contribution in [1.29, 1.82) is 0 Å². The number of hydrogen-bond acceptors (Lipinski definition) is 3. The van der Waals surface area contributed by atoms with Gasteiger partial charge in [-0.25, -0.2) is 0 Å². The van der Waals surface area contributed by atoms with Gasteiger partial charge in [0.15, 0.2) is 0 Å². The van der Waals surface area contributed by atoms with Crippen LogP contribution in [0.1, 0.15) is 32.8 Å². The van der Waals surface area contributed by atoms with Crippen LogP contribution < -0.4 is 10.6 Å².